The van der Waals surface area contributed by atoms with Crippen molar-refractivity contribution in [3.63, 3.8) is 0 Å². The molecule has 2 aromatic rings. The van der Waals surface area contributed by atoms with Crippen LogP contribution >= 0.6 is 12.2 Å². The topological polar surface area (TPSA) is 68.9 Å². The molecule has 0 aliphatic rings. The zero-order chi connectivity index (χ0) is 10.1. The SMILES string of the molecule is O=C(O)Cc1ccc2[nH]c(=S)[nH]c2c1. The lowest BCUT2D eigenvalue weighted by molar-refractivity contribution is -0.136. The van der Waals surface area contributed by atoms with Crippen LogP contribution in [0, 0.1) is 4.77 Å². The number of nitrogens with one attached hydrogen (secondary N) is 2. The first kappa shape index (κ1) is 8.96. The highest BCUT2D eigenvalue weighted by Crippen LogP contribution is 2.12. The molecule has 0 bridgehead atoms. The van der Waals surface area contributed by atoms with Gasteiger partial charge in [-0.15, -0.1) is 0 Å². The molecular formula is C9H8N2O2S. The van der Waals surface area contributed by atoms with Crippen molar-refractivity contribution < 1.29 is 9.90 Å². The maximum atomic E-state index is 10.5. The van der Waals surface area contributed by atoms with Crippen LogP contribution in [0.25, 0.3) is 11.0 Å². The Morgan fingerprint density at radius 3 is 2.79 bits per heavy atom. The number of imidazole rings is 1. The molecule has 1 aromatic carbocycles. The number of fused-ring (bicyclic) bond motifs is 1. The van der Waals surface area contributed by atoms with Gasteiger partial charge in [-0.2, -0.15) is 0 Å². The Morgan fingerprint density at radius 1 is 1.36 bits per heavy atom. The van der Waals surface area contributed by atoms with Crippen LogP contribution in [-0.4, -0.2) is 21.0 Å². The first-order valence-corrected chi connectivity index (χ1v) is 4.49. The summed E-state index contributed by atoms with van der Waals surface area (Å²) >= 11 is 4.92. The molecular weight excluding hydrogens is 200 g/mol. The van der Waals surface area contributed by atoms with Crippen LogP contribution in [0.4, 0.5) is 0 Å². The predicted octanol–water partition coefficient (Wildman–Crippen LogP) is 1.85. The fraction of sp³-hybridized carbons (Fsp3) is 0.111. The number of H-pyrrole nitrogens is 2. The molecule has 0 aliphatic carbocycles. The lowest BCUT2D eigenvalue weighted by Crippen LogP contribution is -1.99. The molecule has 3 N–H and O–H groups in total. The van der Waals surface area contributed by atoms with Gasteiger partial charge in [0.2, 0.25) is 0 Å². The van der Waals surface area contributed by atoms with Gasteiger partial charge in [0.1, 0.15) is 0 Å². The average Bonchev–Trinajstić information content (AvgIpc) is 2.42. The molecule has 2 rings (SSSR count). The Labute approximate surface area is 84.6 Å². The molecule has 1 heterocycles. The smallest absolute Gasteiger partial charge is 0.307 e. The zero-order valence-electron chi connectivity index (χ0n) is 7.20. The van der Waals surface area contributed by atoms with Crippen molar-refractivity contribution in [2.75, 3.05) is 0 Å². The maximum absolute atomic E-state index is 10.5. The van der Waals surface area contributed by atoms with Gasteiger partial charge in [0.15, 0.2) is 4.77 Å². The Hall–Kier alpha value is -1.62. The summed E-state index contributed by atoms with van der Waals surface area (Å²) in [6.45, 7) is 0. The molecule has 0 spiro atoms. The number of hydrogen-bond donors (Lipinski definition) is 3. The van der Waals surface area contributed by atoms with E-state index in [0.29, 0.717) is 4.77 Å². The third-order valence-corrected chi connectivity index (χ3v) is 2.14. The van der Waals surface area contributed by atoms with Crippen LogP contribution in [0.15, 0.2) is 18.2 Å². The second kappa shape index (κ2) is 3.26. The van der Waals surface area contributed by atoms with Gasteiger partial charge >= 0.3 is 5.97 Å². The molecule has 1 aromatic heterocycles. The minimum atomic E-state index is -0.835. The predicted molar refractivity (Wildman–Crippen MR) is 54.8 cm³/mol. The van der Waals surface area contributed by atoms with Crippen molar-refractivity contribution in [2.24, 2.45) is 0 Å². The summed E-state index contributed by atoms with van der Waals surface area (Å²) in [5.74, 6) is -0.835. The van der Waals surface area contributed by atoms with Gasteiger partial charge in [-0.3, -0.25) is 4.79 Å². The van der Waals surface area contributed by atoms with Crippen LogP contribution in [0.2, 0.25) is 0 Å². The van der Waals surface area contributed by atoms with Crippen molar-refractivity contribution in [3.8, 4) is 0 Å². The van der Waals surface area contributed by atoms with Gasteiger partial charge < -0.3 is 15.1 Å². The number of carboxylic acid groups (broad SMARTS) is 1. The van der Waals surface area contributed by atoms with Gasteiger partial charge in [-0.25, -0.2) is 0 Å². The summed E-state index contributed by atoms with van der Waals surface area (Å²) < 4.78 is 0.549. The molecule has 0 amide bonds. The van der Waals surface area contributed by atoms with Crippen molar-refractivity contribution >= 4 is 29.2 Å². The largest absolute Gasteiger partial charge is 0.481 e. The summed E-state index contributed by atoms with van der Waals surface area (Å²) in [6.07, 6.45) is 0.0295. The number of rotatable bonds is 2. The average molecular weight is 208 g/mol. The Morgan fingerprint density at radius 2 is 2.07 bits per heavy atom. The summed E-state index contributed by atoms with van der Waals surface area (Å²) in [6, 6.07) is 5.38. The van der Waals surface area contributed by atoms with Gasteiger partial charge in [0, 0.05) is 0 Å². The minimum absolute atomic E-state index is 0.0295. The Balaban J connectivity index is 2.50. The van der Waals surface area contributed by atoms with Gasteiger partial charge in [-0.05, 0) is 29.9 Å². The molecule has 0 radical (unpaired) electrons. The highest BCUT2D eigenvalue weighted by Gasteiger charge is 2.02. The van der Waals surface area contributed by atoms with Gasteiger partial charge in [0.05, 0.1) is 17.5 Å². The van der Waals surface area contributed by atoms with E-state index in [1.807, 2.05) is 6.07 Å². The van der Waals surface area contributed by atoms with Crippen molar-refractivity contribution in [3.05, 3.63) is 28.5 Å². The van der Waals surface area contributed by atoms with Gasteiger partial charge in [0.25, 0.3) is 0 Å². The van der Waals surface area contributed by atoms with Crippen molar-refractivity contribution in [2.45, 2.75) is 6.42 Å². The van der Waals surface area contributed by atoms with E-state index >= 15 is 0 Å². The normalized spacial score (nSPS) is 10.6. The first-order valence-electron chi connectivity index (χ1n) is 4.08. The summed E-state index contributed by atoms with van der Waals surface area (Å²) in [4.78, 5) is 16.4. The third kappa shape index (κ3) is 1.67. The number of carboxylic acids is 1. The van der Waals surface area contributed by atoms with E-state index in [9.17, 15) is 4.79 Å². The van der Waals surface area contributed by atoms with Crippen LogP contribution in [0.1, 0.15) is 5.56 Å². The standard InChI is InChI=1S/C9H8N2O2S/c12-8(13)4-5-1-2-6-7(3-5)11-9(14)10-6/h1-3H,4H2,(H,12,13)(H2,10,11,14). The third-order valence-electron chi connectivity index (χ3n) is 1.94. The van der Waals surface area contributed by atoms with Crippen molar-refractivity contribution in [1.29, 1.82) is 0 Å². The molecule has 0 aliphatic heterocycles. The van der Waals surface area contributed by atoms with E-state index in [1.165, 1.54) is 0 Å². The fourth-order valence-corrected chi connectivity index (χ4v) is 1.58. The van der Waals surface area contributed by atoms with Crippen LogP contribution in [-0.2, 0) is 11.2 Å². The Bertz CT molecular complexity index is 541. The lowest BCUT2D eigenvalue weighted by atomic mass is 10.1. The molecule has 0 unspecified atom stereocenters. The van der Waals surface area contributed by atoms with Crippen LogP contribution in [0.3, 0.4) is 0 Å². The highest BCUT2D eigenvalue weighted by atomic mass is 32.1. The molecule has 4 nitrogen and oxygen atoms in total. The molecule has 0 saturated heterocycles. The quantitative estimate of drug-likeness (QED) is 0.660. The summed E-state index contributed by atoms with van der Waals surface area (Å²) in [5, 5.41) is 8.61. The highest BCUT2D eigenvalue weighted by molar-refractivity contribution is 7.71. The monoisotopic (exact) mass is 208 g/mol. The van der Waals surface area contributed by atoms with E-state index in [-0.39, 0.29) is 6.42 Å². The zero-order valence-corrected chi connectivity index (χ0v) is 8.02. The number of benzene rings is 1. The summed E-state index contributed by atoms with van der Waals surface area (Å²) in [7, 11) is 0. The number of hydrogen-bond acceptors (Lipinski definition) is 2. The molecule has 72 valence electrons. The lowest BCUT2D eigenvalue weighted by Gasteiger charge is -1.95. The van der Waals surface area contributed by atoms with E-state index in [1.54, 1.807) is 12.1 Å². The molecule has 0 fully saturated rings. The fourth-order valence-electron chi connectivity index (χ4n) is 1.36. The number of aromatic amines is 2. The van der Waals surface area contributed by atoms with Crippen molar-refractivity contribution in [1.82, 2.24) is 9.97 Å². The number of aromatic nitrogens is 2. The molecule has 14 heavy (non-hydrogen) atoms. The first-order chi connectivity index (χ1) is 6.65. The summed E-state index contributed by atoms with van der Waals surface area (Å²) in [5.41, 5.74) is 2.49. The maximum Gasteiger partial charge on any atom is 0.307 e. The molecule has 0 saturated carbocycles. The van der Waals surface area contributed by atoms with Gasteiger partial charge in [-0.1, -0.05) is 6.07 Å². The second-order valence-electron chi connectivity index (χ2n) is 3.03. The van der Waals surface area contributed by atoms with E-state index in [2.05, 4.69) is 9.97 Å². The van der Waals surface area contributed by atoms with Crippen LogP contribution in [0.5, 0.6) is 0 Å². The second-order valence-corrected chi connectivity index (χ2v) is 3.44. The van der Waals surface area contributed by atoms with Crippen LogP contribution < -0.4 is 0 Å². The van der Waals surface area contributed by atoms with E-state index in [0.717, 1.165) is 16.6 Å². The number of aliphatic carboxylic acids is 1. The van der Waals surface area contributed by atoms with E-state index in [4.69, 9.17) is 17.3 Å². The molecule has 0 atom stereocenters. The minimum Gasteiger partial charge on any atom is -0.481 e. The number of carbonyl (C=O) groups is 1. The molecule has 5 heteroatoms. The Kier molecular flexibility index (Phi) is 2.09. The van der Waals surface area contributed by atoms with E-state index < -0.39 is 5.97 Å².